The minimum absolute atomic E-state index is 0. The van der Waals surface area contributed by atoms with Crippen molar-refractivity contribution < 1.29 is 28.4 Å². The zero-order chi connectivity index (χ0) is 25.4. The molecule has 0 fully saturated rings. The Kier molecular flexibility index (Phi) is 22.5. The van der Waals surface area contributed by atoms with Gasteiger partial charge in [0.2, 0.25) is 0 Å². The van der Waals surface area contributed by atoms with Gasteiger partial charge in [0.25, 0.3) is 0 Å². The van der Waals surface area contributed by atoms with Gasteiger partial charge in [-0.05, 0) is 0 Å². The second-order valence-electron chi connectivity index (χ2n) is 9.02. The quantitative estimate of drug-likeness (QED) is 0.206. The van der Waals surface area contributed by atoms with Gasteiger partial charge in [0, 0.05) is 0 Å². The van der Waals surface area contributed by atoms with Gasteiger partial charge >= 0.3 is 19.5 Å². The molecule has 2 aromatic carbocycles. The van der Waals surface area contributed by atoms with Gasteiger partial charge in [-0.15, -0.1) is 8.42 Å². The monoisotopic (exact) mass is 610 g/mol. The Labute approximate surface area is 243 Å². The van der Waals surface area contributed by atoms with Crippen LogP contribution in [0.2, 0.25) is 0 Å². The minimum atomic E-state index is 0. The van der Waals surface area contributed by atoms with Crippen molar-refractivity contribution >= 4 is 73.2 Å². The fourth-order valence-electron chi connectivity index (χ4n) is 1.10. The van der Waals surface area contributed by atoms with E-state index in [0.29, 0.717) is 8.42 Å². The molecular formula is C23H34N2OS6Zn. The number of rotatable bonds is 0. The molecule has 0 aliphatic heterocycles. The largest absolute Gasteiger partial charge is 2.00 e. The summed E-state index contributed by atoms with van der Waals surface area (Å²) >= 11 is 21.1. The maximum Gasteiger partial charge on any atom is 2.00 e. The predicted octanol–water partition coefficient (Wildman–Crippen LogP) is 4.81. The Morgan fingerprint density at radius 3 is 0.848 bits per heavy atom. The fraction of sp³-hybridized carbons (Fsp3) is 0.348. The Balaban J connectivity index is -0.000000343. The van der Waals surface area contributed by atoms with Crippen molar-refractivity contribution in [2.75, 3.05) is 56.4 Å². The van der Waals surface area contributed by atoms with Crippen molar-refractivity contribution in [3.8, 4) is 0 Å². The summed E-state index contributed by atoms with van der Waals surface area (Å²) in [5.74, 6) is 0. The average Bonchev–Trinajstić information content (AvgIpc) is 2.90. The summed E-state index contributed by atoms with van der Waals surface area (Å²) in [5.41, 5.74) is 0. The van der Waals surface area contributed by atoms with Crippen LogP contribution in [0, 0.1) is 0 Å². The van der Waals surface area contributed by atoms with Gasteiger partial charge in [-0.25, -0.2) is 0 Å². The van der Waals surface area contributed by atoms with Gasteiger partial charge in [-0.1, -0.05) is 60.7 Å². The Bertz CT molecular complexity index is 805. The summed E-state index contributed by atoms with van der Waals surface area (Å²) in [7, 11) is 17.0. The summed E-state index contributed by atoms with van der Waals surface area (Å²) < 4.78 is 3.10. The first kappa shape index (κ1) is 37.3. The predicted molar refractivity (Wildman–Crippen MR) is 152 cm³/mol. The molecule has 0 unspecified atom stereocenters. The molecule has 10 heteroatoms. The van der Waals surface area contributed by atoms with E-state index >= 15 is 0 Å². The minimum Gasteiger partial charge on any atom is -0.780 e. The topological polar surface area (TPSA) is 17.1 Å². The van der Waals surface area contributed by atoms with Crippen LogP contribution in [0.15, 0.2) is 83.7 Å². The van der Waals surface area contributed by atoms with E-state index in [4.69, 9.17) is 50.5 Å². The third-order valence-electron chi connectivity index (χ3n) is 2.01. The molecule has 0 saturated heterocycles. The Morgan fingerprint density at radius 2 is 0.758 bits per heavy atom. The summed E-state index contributed by atoms with van der Waals surface area (Å²) in [5, 5.41) is 0. The van der Waals surface area contributed by atoms with Crippen LogP contribution >= 0.6 is 22.7 Å². The second-order valence-corrected chi connectivity index (χ2v) is 13.5. The van der Waals surface area contributed by atoms with E-state index in [1.54, 1.807) is 0 Å². The number of nitrogens with zero attached hydrogens (tertiary/aromatic N) is 2. The first-order valence-electron chi connectivity index (χ1n) is 9.49. The van der Waals surface area contributed by atoms with Crippen molar-refractivity contribution in [3.05, 3.63) is 69.5 Å². The van der Waals surface area contributed by atoms with Crippen LogP contribution in [0.25, 0.3) is 0 Å². The van der Waals surface area contributed by atoms with Crippen LogP contribution in [-0.4, -0.2) is 65.3 Å². The van der Waals surface area contributed by atoms with Crippen LogP contribution in [0.5, 0.6) is 0 Å². The third-order valence-corrected chi connectivity index (χ3v) is 5.59. The molecule has 0 bridgehead atoms. The molecule has 0 aliphatic carbocycles. The van der Waals surface area contributed by atoms with Crippen LogP contribution in [0.3, 0.4) is 0 Å². The molecule has 0 radical (unpaired) electrons. The van der Waals surface area contributed by atoms with Crippen molar-refractivity contribution in [1.29, 1.82) is 0 Å². The Morgan fingerprint density at radius 1 is 0.545 bits per heavy atom. The van der Waals surface area contributed by atoms with Gasteiger partial charge in [-0.3, -0.25) is 0 Å². The molecule has 3 rings (SSSR count). The van der Waals surface area contributed by atoms with Crippen LogP contribution in [0.4, 0.5) is 0 Å². The van der Waals surface area contributed by atoms with Crippen LogP contribution < -0.4 is 4.06 Å². The summed E-state index contributed by atoms with van der Waals surface area (Å²) in [6.45, 7) is 0. The smallest absolute Gasteiger partial charge is 0.780 e. The first-order valence-corrected chi connectivity index (χ1v) is 12.8. The number of hydrogen-bond donors (Lipinski definition) is 0. The molecule has 0 saturated carbocycles. The van der Waals surface area contributed by atoms with Gasteiger partial charge in [0.1, 0.15) is 4.06 Å². The van der Waals surface area contributed by atoms with Gasteiger partial charge in [0.05, 0.1) is 56.4 Å². The van der Waals surface area contributed by atoms with E-state index in [1.807, 2.05) is 60.7 Å². The SMILES string of the molecule is C[N+](C)(C)C.C[N+](C)(C)C.O=c1sc([S-])c([S-])s1.[S-]c1ccccc1.[S-]c1ccccc1.[Zn+2]. The van der Waals surface area contributed by atoms with E-state index in [1.165, 1.54) is 0 Å². The maximum atomic E-state index is 10.4. The van der Waals surface area contributed by atoms with Crippen molar-refractivity contribution in [2.24, 2.45) is 0 Å². The molecule has 3 aromatic rings. The molecule has 0 aliphatic rings. The van der Waals surface area contributed by atoms with E-state index in [-0.39, 0.29) is 23.5 Å². The molecule has 1 aromatic heterocycles. The number of hydrogen-bond acceptors (Lipinski definition) is 7. The fourth-order valence-corrected chi connectivity index (χ4v) is 3.82. The Hall–Kier alpha value is -0.287. The third kappa shape index (κ3) is 36.5. The molecule has 1 heterocycles. The zero-order valence-corrected chi connectivity index (χ0v) is 28.6. The number of benzene rings is 2. The van der Waals surface area contributed by atoms with Crippen molar-refractivity contribution in [2.45, 2.75) is 18.2 Å². The molecular weight excluding hydrogens is 578 g/mol. The summed E-state index contributed by atoms with van der Waals surface area (Å²) in [6.07, 6.45) is 0. The van der Waals surface area contributed by atoms with Crippen LogP contribution in [-0.2, 0) is 70.0 Å². The molecule has 0 spiro atoms. The molecule has 0 N–H and O–H groups in total. The number of quaternary nitrogens is 2. The zero-order valence-electron chi connectivity index (χ0n) is 20.7. The first-order chi connectivity index (χ1) is 14.5. The average molecular weight is 612 g/mol. The maximum absolute atomic E-state index is 10.4. The van der Waals surface area contributed by atoms with Gasteiger partial charge in [-0.2, -0.15) is 9.79 Å². The standard InChI is InChI=1S/2C6H6S.2C4H12N.C3H2OS4.Zn/c2*7-6-4-2-1-3-5-6;2*1-5(2,3)4;4-3-7-1(5)2(6)8-3;/h2*1-5,7H;2*1-4H3;5-6H;/q;;2*+1;;+2/p-4. The second kappa shape index (κ2) is 20.0. The van der Waals surface area contributed by atoms with Crippen molar-refractivity contribution in [3.63, 3.8) is 0 Å². The molecule has 180 valence electrons. The molecule has 0 amide bonds. The van der Waals surface area contributed by atoms with Crippen LogP contribution in [0.1, 0.15) is 0 Å². The van der Waals surface area contributed by atoms with Crippen molar-refractivity contribution in [1.82, 2.24) is 0 Å². The van der Waals surface area contributed by atoms with Gasteiger partial charge in [0.15, 0.2) is 0 Å². The summed E-state index contributed by atoms with van der Waals surface area (Å²) in [4.78, 5) is 12.2. The molecule has 0 atom stereocenters. The molecule has 33 heavy (non-hydrogen) atoms. The van der Waals surface area contributed by atoms with E-state index < -0.39 is 0 Å². The van der Waals surface area contributed by atoms with E-state index in [0.717, 1.165) is 41.4 Å². The van der Waals surface area contributed by atoms with Gasteiger partial charge < -0.3 is 86.9 Å². The van der Waals surface area contributed by atoms with E-state index in [2.05, 4.69) is 56.4 Å². The normalized spacial score (nSPS) is 9.58. The molecule has 3 nitrogen and oxygen atoms in total. The summed E-state index contributed by atoms with van der Waals surface area (Å²) in [6, 6.07) is 19.2. The van der Waals surface area contributed by atoms with E-state index in [9.17, 15) is 4.79 Å².